The third-order valence-electron chi connectivity index (χ3n) is 4.65. The van der Waals surface area contributed by atoms with Crippen molar-refractivity contribution in [1.82, 2.24) is 4.90 Å². The third-order valence-corrected chi connectivity index (χ3v) is 4.65. The first-order valence-corrected chi connectivity index (χ1v) is 7.15. The van der Waals surface area contributed by atoms with E-state index in [4.69, 9.17) is 0 Å². The Morgan fingerprint density at radius 2 is 1.88 bits per heavy atom. The van der Waals surface area contributed by atoms with E-state index >= 15 is 0 Å². The van der Waals surface area contributed by atoms with Crippen LogP contribution < -0.4 is 0 Å². The molecule has 1 saturated carbocycles. The van der Waals surface area contributed by atoms with Crippen molar-refractivity contribution in [3.63, 3.8) is 0 Å². The highest BCUT2D eigenvalue weighted by molar-refractivity contribution is 5.70. The number of piperidine rings is 1. The minimum absolute atomic E-state index is 0.146. The summed E-state index contributed by atoms with van der Waals surface area (Å²) in [5, 5.41) is 9.21. The summed E-state index contributed by atoms with van der Waals surface area (Å²) in [5.74, 6) is 0.0666. The first kappa shape index (κ1) is 12.9. The lowest BCUT2D eigenvalue weighted by Crippen LogP contribution is -2.48. The van der Waals surface area contributed by atoms with Gasteiger partial charge >= 0.3 is 5.97 Å². The second-order valence-electron chi connectivity index (χ2n) is 5.83. The second-order valence-corrected chi connectivity index (χ2v) is 5.83. The third kappa shape index (κ3) is 3.21. The molecule has 0 aromatic rings. The number of rotatable bonds is 3. The van der Waals surface area contributed by atoms with Gasteiger partial charge in [-0.1, -0.05) is 19.3 Å². The average Bonchev–Trinajstić information content (AvgIpc) is 2.33. The molecule has 0 radical (unpaired) electrons. The van der Waals surface area contributed by atoms with Crippen molar-refractivity contribution in [1.29, 1.82) is 0 Å². The van der Waals surface area contributed by atoms with Crippen molar-refractivity contribution >= 4 is 5.97 Å². The Balaban J connectivity index is 1.88. The highest BCUT2D eigenvalue weighted by Gasteiger charge is 2.33. The van der Waals surface area contributed by atoms with Crippen molar-refractivity contribution in [3.8, 4) is 0 Å². The largest absolute Gasteiger partial charge is 0.481 e. The molecule has 2 aliphatic rings. The lowest BCUT2D eigenvalue weighted by atomic mass is 9.85. The molecule has 2 fully saturated rings. The number of likely N-dealkylation sites (tertiary alicyclic amines) is 1. The summed E-state index contributed by atoms with van der Waals surface area (Å²) < 4.78 is 0. The molecule has 0 bridgehead atoms. The minimum atomic E-state index is -0.606. The van der Waals surface area contributed by atoms with Crippen molar-refractivity contribution in [3.05, 3.63) is 0 Å². The van der Waals surface area contributed by atoms with Crippen LogP contribution in [0, 0.1) is 11.8 Å². The molecule has 0 aromatic carbocycles. The summed E-state index contributed by atoms with van der Waals surface area (Å²) in [6.45, 7) is 4.33. The van der Waals surface area contributed by atoms with E-state index in [9.17, 15) is 9.90 Å². The molecule has 17 heavy (non-hydrogen) atoms. The molecule has 0 unspecified atom stereocenters. The van der Waals surface area contributed by atoms with E-state index in [1.165, 1.54) is 32.1 Å². The Morgan fingerprint density at radius 3 is 2.53 bits per heavy atom. The smallest absolute Gasteiger partial charge is 0.308 e. The molecule has 1 aliphatic heterocycles. The van der Waals surface area contributed by atoms with Gasteiger partial charge in [0, 0.05) is 12.6 Å². The highest BCUT2D eigenvalue weighted by Crippen LogP contribution is 2.29. The molecule has 1 aliphatic carbocycles. The number of carboxylic acids is 1. The van der Waals surface area contributed by atoms with Gasteiger partial charge in [-0.3, -0.25) is 9.69 Å². The Bertz CT molecular complexity index is 261. The summed E-state index contributed by atoms with van der Waals surface area (Å²) in [6.07, 6.45) is 8.74. The zero-order chi connectivity index (χ0) is 12.3. The maximum absolute atomic E-state index is 11.2. The Kier molecular flexibility index (Phi) is 4.43. The standard InChI is InChI=1S/C14H25NO2/c1-11-13(14(16)17)8-5-9-15(11)10-12-6-3-2-4-7-12/h11-13H,2-10H2,1H3,(H,16,17)/t11-,13-/m1/s1. The van der Waals surface area contributed by atoms with E-state index in [0.29, 0.717) is 0 Å². The van der Waals surface area contributed by atoms with E-state index < -0.39 is 5.97 Å². The molecule has 0 amide bonds. The van der Waals surface area contributed by atoms with Crippen LogP contribution in [-0.2, 0) is 4.79 Å². The van der Waals surface area contributed by atoms with Crippen molar-refractivity contribution < 1.29 is 9.90 Å². The molecule has 2 atom stereocenters. The number of hydrogen-bond donors (Lipinski definition) is 1. The van der Waals surface area contributed by atoms with Crippen molar-refractivity contribution in [2.24, 2.45) is 11.8 Å². The summed E-state index contributed by atoms with van der Waals surface area (Å²) in [5.41, 5.74) is 0. The lowest BCUT2D eigenvalue weighted by molar-refractivity contribution is -0.145. The molecule has 98 valence electrons. The fourth-order valence-electron chi connectivity index (χ4n) is 3.50. The maximum atomic E-state index is 11.2. The number of carboxylic acid groups (broad SMARTS) is 1. The van der Waals surface area contributed by atoms with Crippen LogP contribution in [0.4, 0.5) is 0 Å². The molecular weight excluding hydrogens is 214 g/mol. The van der Waals surface area contributed by atoms with Gasteiger partial charge < -0.3 is 5.11 Å². The highest BCUT2D eigenvalue weighted by atomic mass is 16.4. The first-order chi connectivity index (χ1) is 8.18. The molecule has 3 nitrogen and oxygen atoms in total. The van der Waals surface area contributed by atoms with E-state index in [1.807, 2.05) is 0 Å². The van der Waals surface area contributed by atoms with Crippen LogP contribution >= 0.6 is 0 Å². The number of nitrogens with zero attached hydrogens (tertiary/aromatic N) is 1. The van der Waals surface area contributed by atoms with Crippen LogP contribution in [-0.4, -0.2) is 35.1 Å². The SMILES string of the molecule is C[C@@H]1[C@H](C(=O)O)CCCN1CC1CCCCC1. The summed E-state index contributed by atoms with van der Waals surface area (Å²) in [7, 11) is 0. The minimum Gasteiger partial charge on any atom is -0.481 e. The van der Waals surface area contributed by atoms with Gasteiger partial charge in [0.25, 0.3) is 0 Å². The summed E-state index contributed by atoms with van der Waals surface area (Å²) in [6, 6.07) is 0.225. The van der Waals surface area contributed by atoms with Gasteiger partial charge in [0.05, 0.1) is 5.92 Å². The Morgan fingerprint density at radius 1 is 1.18 bits per heavy atom. The van der Waals surface area contributed by atoms with E-state index in [2.05, 4.69) is 11.8 Å². The van der Waals surface area contributed by atoms with Gasteiger partial charge in [0.15, 0.2) is 0 Å². The van der Waals surface area contributed by atoms with Crippen LogP contribution in [0.25, 0.3) is 0 Å². The van der Waals surface area contributed by atoms with Gasteiger partial charge in [0.1, 0.15) is 0 Å². The maximum Gasteiger partial charge on any atom is 0.308 e. The molecular formula is C14H25NO2. The van der Waals surface area contributed by atoms with E-state index in [0.717, 1.165) is 31.8 Å². The number of aliphatic carboxylic acids is 1. The van der Waals surface area contributed by atoms with Crippen LogP contribution in [0.15, 0.2) is 0 Å². The van der Waals surface area contributed by atoms with Crippen LogP contribution in [0.3, 0.4) is 0 Å². The van der Waals surface area contributed by atoms with Gasteiger partial charge in [0.2, 0.25) is 0 Å². The second kappa shape index (κ2) is 5.85. The van der Waals surface area contributed by atoms with Gasteiger partial charge in [-0.25, -0.2) is 0 Å². The van der Waals surface area contributed by atoms with Crippen molar-refractivity contribution in [2.45, 2.75) is 57.9 Å². The molecule has 1 saturated heterocycles. The molecule has 0 spiro atoms. The number of hydrogen-bond acceptors (Lipinski definition) is 2. The van der Waals surface area contributed by atoms with E-state index in [-0.39, 0.29) is 12.0 Å². The Labute approximate surface area is 104 Å². The predicted molar refractivity (Wildman–Crippen MR) is 68.0 cm³/mol. The fraction of sp³-hybridized carbons (Fsp3) is 0.929. The quantitative estimate of drug-likeness (QED) is 0.823. The van der Waals surface area contributed by atoms with Crippen molar-refractivity contribution in [2.75, 3.05) is 13.1 Å². The normalized spacial score (nSPS) is 32.5. The van der Waals surface area contributed by atoms with E-state index in [1.54, 1.807) is 0 Å². The van der Waals surface area contributed by atoms with Gasteiger partial charge in [-0.05, 0) is 45.1 Å². The molecule has 0 aromatic heterocycles. The predicted octanol–water partition coefficient (Wildman–Crippen LogP) is 2.75. The molecule has 1 N–H and O–H groups in total. The summed E-state index contributed by atoms with van der Waals surface area (Å²) in [4.78, 5) is 13.6. The Hall–Kier alpha value is -0.570. The number of carbonyl (C=O) groups is 1. The average molecular weight is 239 g/mol. The van der Waals surface area contributed by atoms with Gasteiger partial charge in [-0.2, -0.15) is 0 Å². The van der Waals surface area contributed by atoms with Crippen LogP contribution in [0.5, 0.6) is 0 Å². The van der Waals surface area contributed by atoms with Crippen LogP contribution in [0.1, 0.15) is 51.9 Å². The zero-order valence-corrected chi connectivity index (χ0v) is 10.9. The topological polar surface area (TPSA) is 40.5 Å². The summed E-state index contributed by atoms with van der Waals surface area (Å²) >= 11 is 0. The first-order valence-electron chi connectivity index (χ1n) is 7.15. The molecule has 1 heterocycles. The zero-order valence-electron chi connectivity index (χ0n) is 10.9. The monoisotopic (exact) mass is 239 g/mol. The van der Waals surface area contributed by atoms with Crippen LogP contribution in [0.2, 0.25) is 0 Å². The lowest BCUT2D eigenvalue weighted by Gasteiger charge is -2.40. The fourth-order valence-corrected chi connectivity index (χ4v) is 3.50. The van der Waals surface area contributed by atoms with Gasteiger partial charge in [-0.15, -0.1) is 0 Å². The molecule has 3 heteroatoms. The molecule has 2 rings (SSSR count).